The van der Waals surface area contributed by atoms with Crippen molar-refractivity contribution >= 4 is 33.4 Å². The molecule has 2 aromatic carbocycles. The fourth-order valence-electron chi connectivity index (χ4n) is 3.74. The first-order valence-electron chi connectivity index (χ1n) is 9.67. The van der Waals surface area contributed by atoms with E-state index in [1.54, 1.807) is 0 Å². The Hall–Kier alpha value is -3.04. The van der Waals surface area contributed by atoms with Gasteiger partial charge in [-0.3, -0.25) is 19.7 Å². The first kappa shape index (κ1) is 20.2. The molecule has 9 heteroatoms. The summed E-state index contributed by atoms with van der Waals surface area (Å²) in [6.07, 6.45) is 1.86. The average Bonchev–Trinajstić information content (AvgIpc) is 3.01. The molecule has 30 heavy (non-hydrogen) atoms. The summed E-state index contributed by atoms with van der Waals surface area (Å²) >= 11 is 0. The molecule has 2 aromatic rings. The van der Waals surface area contributed by atoms with Crippen LogP contribution in [0.3, 0.4) is 0 Å². The summed E-state index contributed by atoms with van der Waals surface area (Å²) in [6, 6.07) is 10.2. The number of carbonyl (C=O) groups excluding carboxylic acids is 3. The number of rotatable bonds is 4. The number of piperidine rings is 1. The lowest BCUT2D eigenvalue weighted by molar-refractivity contribution is 0.0878. The molecule has 2 N–H and O–H groups in total. The number of fused-ring (bicyclic) bond motifs is 1. The van der Waals surface area contributed by atoms with Crippen molar-refractivity contribution in [2.24, 2.45) is 5.92 Å². The molecule has 3 amide bonds. The highest BCUT2D eigenvalue weighted by molar-refractivity contribution is 7.89. The van der Waals surface area contributed by atoms with E-state index in [4.69, 9.17) is 0 Å². The van der Waals surface area contributed by atoms with Crippen molar-refractivity contribution in [1.29, 1.82) is 0 Å². The average molecular weight is 427 g/mol. The molecule has 1 atom stereocenters. The van der Waals surface area contributed by atoms with Crippen LogP contribution in [-0.4, -0.2) is 43.5 Å². The lowest BCUT2D eigenvalue weighted by Crippen LogP contribution is -2.39. The van der Waals surface area contributed by atoms with E-state index >= 15 is 0 Å². The molecule has 156 valence electrons. The van der Waals surface area contributed by atoms with Crippen LogP contribution in [0.1, 0.15) is 50.8 Å². The molecule has 8 nitrogen and oxygen atoms in total. The van der Waals surface area contributed by atoms with Crippen molar-refractivity contribution in [3.8, 4) is 0 Å². The molecule has 0 aromatic heterocycles. The van der Waals surface area contributed by atoms with Crippen LogP contribution in [0.25, 0.3) is 0 Å². The summed E-state index contributed by atoms with van der Waals surface area (Å²) in [7, 11) is -3.59. The van der Waals surface area contributed by atoms with E-state index in [1.807, 2.05) is 6.92 Å². The second kappa shape index (κ2) is 7.66. The Morgan fingerprint density at radius 1 is 1.07 bits per heavy atom. The predicted octanol–water partition coefficient (Wildman–Crippen LogP) is 2.24. The Morgan fingerprint density at radius 2 is 1.77 bits per heavy atom. The van der Waals surface area contributed by atoms with Gasteiger partial charge in [-0.05, 0) is 61.2 Å². The Morgan fingerprint density at radius 3 is 2.47 bits per heavy atom. The van der Waals surface area contributed by atoms with Crippen molar-refractivity contribution in [1.82, 2.24) is 9.62 Å². The van der Waals surface area contributed by atoms with Crippen LogP contribution in [0.15, 0.2) is 47.4 Å². The minimum atomic E-state index is -3.59. The number of benzene rings is 2. The standard InChI is InChI=1S/C21H21N3O5S/c1-13-3-2-10-24(12-13)30(28,29)16-7-4-14(5-8-16)19(25)22-15-6-9-17-18(11-15)21(27)23-20(17)26/h4-9,11,13H,2-3,10,12H2,1H3,(H,22,25)(H,23,26,27). The number of sulfonamides is 1. The highest BCUT2D eigenvalue weighted by Crippen LogP contribution is 2.24. The van der Waals surface area contributed by atoms with Crippen molar-refractivity contribution < 1.29 is 22.8 Å². The third-order valence-electron chi connectivity index (χ3n) is 5.37. The normalized spacial score (nSPS) is 19.3. The largest absolute Gasteiger partial charge is 0.322 e. The number of hydrogen-bond donors (Lipinski definition) is 2. The van der Waals surface area contributed by atoms with Gasteiger partial charge in [-0.2, -0.15) is 4.31 Å². The van der Waals surface area contributed by atoms with Crippen molar-refractivity contribution in [3.05, 3.63) is 59.2 Å². The van der Waals surface area contributed by atoms with E-state index in [0.29, 0.717) is 24.7 Å². The quantitative estimate of drug-likeness (QED) is 0.727. The topological polar surface area (TPSA) is 113 Å². The summed E-state index contributed by atoms with van der Waals surface area (Å²) in [5, 5.41) is 4.85. The summed E-state index contributed by atoms with van der Waals surface area (Å²) in [5.74, 6) is -1.10. The molecular weight excluding hydrogens is 406 g/mol. The van der Waals surface area contributed by atoms with Crippen LogP contribution >= 0.6 is 0 Å². The second-order valence-corrected chi connectivity index (χ2v) is 9.57. The Labute approximate surface area is 174 Å². The number of amides is 3. The van der Waals surface area contributed by atoms with Crippen molar-refractivity contribution in [3.63, 3.8) is 0 Å². The number of imide groups is 1. The van der Waals surface area contributed by atoms with Gasteiger partial charge < -0.3 is 5.32 Å². The third-order valence-corrected chi connectivity index (χ3v) is 7.25. The molecule has 2 aliphatic rings. The van der Waals surface area contributed by atoms with Gasteiger partial charge in [0.05, 0.1) is 16.0 Å². The van der Waals surface area contributed by atoms with Gasteiger partial charge in [-0.1, -0.05) is 6.92 Å². The van der Waals surface area contributed by atoms with E-state index in [1.165, 1.54) is 46.8 Å². The number of nitrogens with one attached hydrogen (secondary N) is 2. The molecule has 0 spiro atoms. The molecule has 2 heterocycles. The van der Waals surface area contributed by atoms with Crippen LogP contribution in [0.4, 0.5) is 5.69 Å². The minimum absolute atomic E-state index is 0.154. The van der Waals surface area contributed by atoms with Gasteiger partial charge in [0.15, 0.2) is 0 Å². The molecule has 0 saturated carbocycles. The number of hydrogen-bond acceptors (Lipinski definition) is 5. The van der Waals surface area contributed by atoms with Crippen LogP contribution in [0.2, 0.25) is 0 Å². The van der Waals surface area contributed by atoms with Crippen molar-refractivity contribution in [2.45, 2.75) is 24.7 Å². The van der Waals surface area contributed by atoms with E-state index < -0.39 is 27.7 Å². The molecule has 1 fully saturated rings. The number of carbonyl (C=O) groups is 3. The monoisotopic (exact) mass is 427 g/mol. The maximum absolute atomic E-state index is 12.8. The van der Waals surface area contributed by atoms with E-state index in [9.17, 15) is 22.8 Å². The second-order valence-electron chi connectivity index (χ2n) is 7.63. The maximum atomic E-state index is 12.8. The summed E-state index contributed by atoms with van der Waals surface area (Å²) < 4.78 is 27.2. The molecule has 4 rings (SSSR count). The van der Waals surface area contributed by atoms with Gasteiger partial charge in [-0.25, -0.2) is 8.42 Å². The van der Waals surface area contributed by atoms with Crippen LogP contribution in [-0.2, 0) is 10.0 Å². The van der Waals surface area contributed by atoms with Crippen LogP contribution in [0.5, 0.6) is 0 Å². The van der Waals surface area contributed by atoms with Gasteiger partial charge in [0.25, 0.3) is 17.7 Å². The van der Waals surface area contributed by atoms with Gasteiger partial charge in [0.1, 0.15) is 0 Å². The van der Waals surface area contributed by atoms with Gasteiger partial charge >= 0.3 is 0 Å². The zero-order valence-electron chi connectivity index (χ0n) is 16.3. The van der Waals surface area contributed by atoms with Gasteiger partial charge in [0, 0.05) is 24.3 Å². The van der Waals surface area contributed by atoms with E-state index in [0.717, 1.165) is 12.8 Å². The van der Waals surface area contributed by atoms with Gasteiger partial charge in [0.2, 0.25) is 10.0 Å². The lowest BCUT2D eigenvalue weighted by Gasteiger charge is -2.30. The Balaban J connectivity index is 1.49. The smallest absolute Gasteiger partial charge is 0.259 e. The molecule has 0 bridgehead atoms. The molecular formula is C21H21N3O5S. The van der Waals surface area contributed by atoms with Gasteiger partial charge in [-0.15, -0.1) is 0 Å². The van der Waals surface area contributed by atoms with Crippen LogP contribution < -0.4 is 10.6 Å². The zero-order valence-corrected chi connectivity index (χ0v) is 17.2. The SMILES string of the molecule is CC1CCCN(S(=O)(=O)c2ccc(C(=O)Nc3ccc4c(c3)C(=O)NC4=O)cc2)C1. The minimum Gasteiger partial charge on any atom is -0.322 e. The van der Waals surface area contributed by atoms with Crippen molar-refractivity contribution in [2.75, 3.05) is 18.4 Å². The molecule has 1 unspecified atom stereocenters. The third kappa shape index (κ3) is 3.73. The van der Waals surface area contributed by atoms with Crippen LogP contribution in [0, 0.1) is 5.92 Å². The highest BCUT2D eigenvalue weighted by atomic mass is 32.2. The summed E-state index contributed by atoms with van der Waals surface area (Å²) in [6.45, 7) is 3.04. The fraction of sp³-hybridized carbons (Fsp3) is 0.286. The number of nitrogens with zero attached hydrogens (tertiary/aromatic N) is 1. The predicted molar refractivity (Wildman–Crippen MR) is 110 cm³/mol. The maximum Gasteiger partial charge on any atom is 0.259 e. The lowest BCUT2D eigenvalue weighted by atomic mass is 10.0. The Bertz CT molecular complexity index is 1140. The Kier molecular flexibility index (Phi) is 5.17. The van der Waals surface area contributed by atoms with E-state index in [2.05, 4.69) is 10.6 Å². The summed E-state index contributed by atoms with van der Waals surface area (Å²) in [4.78, 5) is 36.0. The first-order valence-corrected chi connectivity index (χ1v) is 11.1. The fourth-order valence-corrected chi connectivity index (χ4v) is 5.34. The zero-order chi connectivity index (χ0) is 21.5. The highest BCUT2D eigenvalue weighted by Gasteiger charge is 2.29. The molecule has 2 aliphatic heterocycles. The molecule has 1 saturated heterocycles. The first-order chi connectivity index (χ1) is 14.3. The molecule has 0 aliphatic carbocycles. The number of anilines is 1. The molecule has 0 radical (unpaired) electrons. The van der Waals surface area contributed by atoms with E-state index in [-0.39, 0.29) is 21.6 Å². The summed E-state index contributed by atoms with van der Waals surface area (Å²) in [5.41, 5.74) is 1.11.